The number of nitriles is 1. The summed E-state index contributed by atoms with van der Waals surface area (Å²) in [6.07, 6.45) is 12.4. The fraction of sp³-hybridized carbons (Fsp3) is 0. The van der Waals surface area contributed by atoms with Gasteiger partial charge in [-0.15, -0.1) is 0 Å². The highest BCUT2D eigenvalue weighted by Crippen LogP contribution is 2.14. The molecule has 0 amide bonds. The van der Waals surface area contributed by atoms with Crippen molar-refractivity contribution in [2.45, 2.75) is 0 Å². The third-order valence-corrected chi connectivity index (χ3v) is 1.59. The summed E-state index contributed by atoms with van der Waals surface area (Å²) in [7, 11) is 0. The van der Waals surface area contributed by atoms with Crippen LogP contribution in [0.5, 0.6) is 0 Å². The zero-order valence-electron chi connectivity index (χ0n) is 6.25. The van der Waals surface area contributed by atoms with Crippen LogP contribution in [0.2, 0.25) is 0 Å². The normalized spacial score (nSPS) is 18.8. The van der Waals surface area contributed by atoms with Crippen LogP contribution in [-0.2, 0) is 0 Å². The van der Waals surface area contributed by atoms with E-state index in [1.165, 1.54) is 4.90 Å². The Bertz CT molecular complexity index is 343. The minimum absolute atomic E-state index is 0.890. The molecule has 0 spiro atoms. The molecule has 2 aliphatic rings. The number of nitrogens with zero attached hydrogens (tertiary/aromatic N) is 4. The van der Waals surface area contributed by atoms with Gasteiger partial charge in [-0.25, -0.2) is 0 Å². The molecule has 2 heterocycles. The van der Waals surface area contributed by atoms with Gasteiger partial charge in [0.25, 0.3) is 0 Å². The average Bonchev–Trinajstić information content (AvgIpc) is 2.17. The van der Waals surface area contributed by atoms with Crippen molar-refractivity contribution < 1.29 is 0 Å². The highest BCUT2D eigenvalue weighted by molar-refractivity contribution is 5.80. The first-order valence-corrected chi connectivity index (χ1v) is 3.46. The number of hydrogen-bond acceptors (Lipinski definition) is 4. The second kappa shape index (κ2) is 2.55. The van der Waals surface area contributed by atoms with Crippen LogP contribution in [0.4, 0.5) is 0 Å². The van der Waals surface area contributed by atoms with Crippen molar-refractivity contribution in [1.82, 2.24) is 9.80 Å². The number of allylic oxidation sites excluding steroid dienone is 1. The van der Waals surface area contributed by atoms with Gasteiger partial charge >= 0.3 is 0 Å². The summed E-state index contributed by atoms with van der Waals surface area (Å²) < 4.78 is 0. The first-order chi connectivity index (χ1) is 5.90. The van der Waals surface area contributed by atoms with Gasteiger partial charge in [-0.3, -0.25) is 9.89 Å². The van der Waals surface area contributed by atoms with E-state index in [1.807, 2.05) is 17.3 Å². The Kier molecular flexibility index (Phi) is 1.42. The fourth-order valence-corrected chi connectivity index (χ4v) is 1.01. The lowest BCUT2D eigenvalue weighted by Gasteiger charge is -2.23. The minimum Gasteiger partial charge on any atom is -0.318 e. The second-order valence-electron chi connectivity index (χ2n) is 2.34. The predicted molar refractivity (Wildman–Crippen MR) is 44.1 cm³/mol. The van der Waals surface area contributed by atoms with E-state index in [9.17, 15) is 0 Å². The molecular formula is C8H6N4. The first-order valence-electron chi connectivity index (χ1n) is 3.46. The molecule has 0 saturated heterocycles. The van der Waals surface area contributed by atoms with Crippen LogP contribution < -0.4 is 0 Å². The molecule has 0 saturated carbocycles. The van der Waals surface area contributed by atoms with Gasteiger partial charge in [-0.05, 0) is 0 Å². The van der Waals surface area contributed by atoms with E-state index in [2.05, 4.69) is 4.99 Å². The van der Waals surface area contributed by atoms with Crippen molar-refractivity contribution in [1.29, 1.82) is 5.26 Å². The Hall–Kier alpha value is -2.02. The number of rotatable bonds is 0. The maximum atomic E-state index is 8.58. The summed E-state index contributed by atoms with van der Waals surface area (Å²) in [6.45, 7) is 0. The molecule has 0 aromatic carbocycles. The van der Waals surface area contributed by atoms with Crippen molar-refractivity contribution in [2.75, 3.05) is 0 Å². The van der Waals surface area contributed by atoms with E-state index in [-0.39, 0.29) is 0 Å². The van der Waals surface area contributed by atoms with E-state index < -0.39 is 0 Å². The largest absolute Gasteiger partial charge is 0.318 e. The molecule has 2 aliphatic heterocycles. The Balaban J connectivity index is 2.31. The summed E-state index contributed by atoms with van der Waals surface area (Å²) in [6, 6.07) is 0. The molecule has 12 heavy (non-hydrogen) atoms. The Morgan fingerprint density at radius 2 is 2.25 bits per heavy atom. The topological polar surface area (TPSA) is 42.6 Å². The Morgan fingerprint density at radius 1 is 1.33 bits per heavy atom. The van der Waals surface area contributed by atoms with Crippen LogP contribution in [0.3, 0.4) is 0 Å². The lowest BCUT2D eigenvalue weighted by Crippen LogP contribution is -2.20. The molecule has 0 fully saturated rings. The molecule has 0 aliphatic carbocycles. The van der Waals surface area contributed by atoms with Gasteiger partial charge in [0.15, 0.2) is 6.19 Å². The van der Waals surface area contributed by atoms with Crippen LogP contribution in [0.15, 0.2) is 41.7 Å². The van der Waals surface area contributed by atoms with Crippen molar-refractivity contribution in [3.63, 3.8) is 0 Å². The van der Waals surface area contributed by atoms with Gasteiger partial charge in [0.05, 0.1) is 11.9 Å². The molecule has 0 radical (unpaired) electrons. The van der Waals surface area contributed by atoms with Crippen LogP contribution in [0, 0.1) is 11.5 Å². The smallest absolute Gasteiger partial charge is 0.188 e. The first kappa shape index (κ1) is 6.68. The molecular weight excluding hydrogens is 152 g/mol. The zero-order chi connectivity index (χ0) is 8.39. The van der Waals surface area contributed by atoms with Crippen molar-refractivity contribution in [3.05, 3.63) is 36.7 Å². The monoisotopic (exact) mass is 158 g/mol. The maximum Gasteiger partial charge on any atom is 0.188 e. The minimum atomic E-state index is 0.890. The molecule has 0 aromatic heterocycles. The van der Waals surface area contributed by atoms with Crippen LogP contribution in [0.25, 0.3) is 0 Å². The van der Waals surface area contributed by atoms with Gasteiger partial charge in [-0.1, -0.05) is 0 Å². The van der Waals surface area contributed by atoms with Gasteiger partial charge < -0.3 is 4.90 Å². The molecule has 0 unspecified atom stereocenters. The van der Waals surface area contributed by atoms with E-state index in [4.69, 9.17) is 5.26 Å². The standard InChI is InChI=1S/C8H6N4/c9-7-11-3-4-12-2-1-10-5-8(12)6-11/h1-6H. The Morgan fingerprint density at radius 3 is 3.08 bits per heavy atom. The molecule has 0 bridgehead atoms. The van der Waals surface area contributed by atoms with Gasteiger partial charge in [-0.2, -0.15) is 5.26 Å². The van der Waals surface area contributed by atoms with E-state index in [1.54, 1.807) is 31.0 Å². The summed E-state index contributed by atoms with van der Waals surface area (Å²) >= 11 is 0. The van der Waals surface area contributed by atoms with Crippen LogP contribution >= 0.6 is 0 Å². The molecule has 2 rings (SSSR count). The van der Waals surface area contributed by atoms with Crippen molar-refractivity contribution in [2.24, 2.45) is 4.99 Å². The van der Waals surface area contributed by atoms with Crippen molar-refractivity contribution in [3.8, 4) is 6.19 Å². The molecule has 4 heteroatoms. The molecule has 0 aromatic rings. The van der Waals surface area contributed by atoms with Crippen LogP contribution in [0.1, 0.15) is 0 Å². The summed E-state index contributed by atoms with van der Waals surface area (Å²) in [5.74, 6) is 0. The maximum absolute atomic E-state index is 8.58. The van der Waals surface area contributed by atoms with Gasteiger partial charge in [0, 0.05) is 31.0 Å². The summed E-state index contributed by atoms with van der Waals surface area (Å²) in [5.41, 5.74) is 0.890. The molecule has 58 valence electrons. The fourth-order valence-electron chi connectivity index (χ4n) is 1.01. The number of aliphatic imine (C=N–C) groups is 1. The van der Waals surface area contributed by atoms with E-state index in [0.717, 1.165) is 5.70 Å². The average molecular weight is 158 g/mol. The number of fused-ring (bicyclic) bond motifs is 1. The molecule has 4 nitrogen and oxygen atoms in total. The van der Waals surface area contributed by atoms with Gasteiger partial charge in [0.1, 0.15) is 0 Å². The lowest BCUT2D eigenvalue weighted by molar-refractivity contribution is 0.565. The Labute approximate surface area is 70.0 Å². The SMILES string of the molecule is N#CN1C=CN2C=CN=CC2=C1. The van der Waals surface area contributed by atoms with E-state index in [0.29, 0.717) is 0 Å². The number of hydrogen-bond donors (Lipinski definition) is 0. The molecule has 0 N–H and O–H groups in total. The zero-order valence-corrected chi connectivity index (χ0v) is 6.25. The second-order valence-corrected chi connectivity index (χ2v) is 2.34. The third kappa shape index (κ3) is 0.974. The van der Waals surface area contributed by atoms with Crippen molar-refractivity contribution >= 4 is 6.21 Å². The third-order valence-electron chi connectivity index (χ3n) is 1.59. The summed E-state index contributed by atoms with van der Waals surface area (Å²) in [5, 5.41) is 8.58. The summed E-state index contributed by atoms with van der Waals surface area (Å²) in [4.78, 5) is 7.26. The van der Waals surface area contributed by atoms with Crippen LogP contribution in [-0.4, -0.2) is 16.0 Å². The molecule has 0 atom stereocenters. The quantitative estimate of drug-likeness (QED) is 0.493. The van der Waals surface area contributed by atoms with Gasteiger partial charge in [0.2, 0.25) is 0 Å². The highest BCUT2D eigenvalue weighted by atomic mass is 15.2. The predicted octanol–water partition coefficient (Wildman–Crippen LogP) is 0.953. The highest BCUT2D eigenvalue weighted by Gasteiger charge is 2.10. The lowest BCUT2D eigenvalue weighted by atomic mass is 10.3. The van der Waals surface area contributed by atoms with E-state index >= 15 is 0 Å².